The number of aromatic nitrogens is 3. The minimum Gasteiger partial charge on any atom is -0.322 e. The molecule has 166 valence electrons. The third-order valence-corrected chi connectivity index (χ3v) is 6.72. The average Bonchev–Trinajstić information content (AvgIpc) is 3.15. The Balaban J connectivity index is 1.58. The molecular weight excluding hydrogens is 441 g/mol. The fraction of sp³-hybridized carbons (Fsp3) is 0.348. The Morgan fingerprint density at radius 1 is 0.969 bits per heavy atom. The van der Waals surface area contributed by atoms with E-state index >= 15 is 0 Å². The van der Waals surface area contributed by atoms with Crippen LogP contribution in [0.25, 0.3) is 0 Å². The van der Waals surface area contributed by atoms with Crippen molar-refractivity contribution in [3.63, 3.8) is 0 Å². The zero-order chi connectivity index (χ0) is 22.5. The number of hydrogen-bond donors (Lipinski definition) is 0. The lowest BCUT2D eigenvalue weighted by Crippen LogP contribution is -2.43. The lowest BCUT2D eigenvalue weighted by molar-refractivity contribution is -0.137. The molecule has 2 aliphatic rings. The zero-order valence-corrected chi connectivity index (χ0v) is 17.8. The van der Waals surface area contributed by atoms with Crippen LogP contribution >= 0.6 is 11.6 Å². The third-order valence-electron chi connectivity index (χ3n) is 6.31. The monoisotopic (exact) mass is 460 g/mol. The van der Waals surface area contributed by atoms with Crippen LogP contribution < -0.4 is 0 Å². The summed E-state index contributed by atoms with van der Waals surface area (Å²) in [4.78, 5) is 15.1. The molecule has 1 aromatic heterocycles. The van der Waals surface area contributed by atoms with E-state index in [2.05, 4.69) is 14.8 Å². The summed E-state index contributed by atoms with van der Waals surface area (Å²) in [5, 5.41) is 8.27. The maximum absolute atomic E-state index is 13.5. The Morgan fingerprint density at radius 3 is 2.34 bits per heavy atom. The van der Waals surface area contributed by atoms with Crippen molar-refractivity contribution in [3.8, 4) is 0 Å². The molecule has 32 heavy (non-hydrogen) atoms. The number of hydrogen-bond acceptors (Lipinski definition) is 3. The summed E-state index contributed by atoms with van der Waals surface area (Å²) in [6.45, 7) is 0.801. The third kappa shape index (κ3) is 3.46. The summed E-state index contributed by atoms with van der Waals surface area (Å²) in [7, 11) is 0. The predicted molar refractivity (Wildman–Crippen MR) is 112 cm³/mol. The van der Waals surface area contributed by atoms with Gasteiger partial charge in [-0.2, -0.15) is 13.2 Å². The van der Waals surface area contributed by atoms with Crippen LogP contribution in [0.15, 0.2) is 48.5 Å². The van der Waals surface area contributed by atoms with Crippen molar-refractivity contribution in [3.05, 3.63) is 81.9 Å². The smallest absolute Gasteiger partial charge is 0.322 e. The van der Waals surface area contributed by atoms with Crippen LogP contribution in [0.5, 0.6) is 0 Å². The van der Waals surface area contributed by atoms with Gasteiger partial charge < -0.3 is 9.47 Å². The molecule has 0 bridgehead atoms. The molecule has 1 saturated carbocycles. The van der Waals surface area contributed by atoms with Crippen LogP contribution in [0.1, 0.15) is 64.4 Å². The highest BCUT2D eigenvalue weighted by molar-refractivity contribution is 6.34. The Hall–Kier alpha value is -2.87. The Kier molecular flexibility index (Phi) is 5.20. The van der Waals surface area contributed by atoms with Gasteiger partial charge in [-0.3, -0.25) is 4.79 Å². The molecule has 0 spiro atoms. The summed E-state index contributed by atoms with van der Waals surface area (Å²) in [5.74, 6) is 1.36. The molecule has 0 N–H and O–H groups in total. The SMILES string of the molecule is O=C(c1cccc(C(F)(F)F)c1Cl)N1CCn2c(C3CCC3)nnc2[C@H]1c1ccccc1. The second-order valence-corrected chi connectivity index (χ2v) is 8.55. The van der Waals surface area contributed by atoms with E-state index in [0.29, 0.717) is 24.8 Å². The number of nitrogens with zero attached hydrogens (tertiary/aromatic N) is 4. The minimum absolute atomic E-state index is 0.172. The Morgan fingerprint density at radius 2 is 1.69 bits per heavy atom. The number of carbonyl (C=O) groups excluding carboxylic acids is 1. The largest absolute Gasteiger partial charge is 0.417 e. The lowest BCUT2D eigenvalue weighted by atomic mass is 9.84. The van der Waals surface area contributed by atoms with Gasteiger partial charge >= 0.3 is 6.18 Å². The van der Waals surface area contributed by atoms with Gasteiger partial charge in [-0.25, -0.2) is 0 Å². The van der Waals surface area contributed by atoms with E-state index in [1.54, 1.807) is 4.90 Å². The van der Waals surface area contributed by atoms with E-state index in [-0.39, 0.29) is 5.56 Å². The summed E-state index contributed by atoms with van der Waals surface area (Å²) < 4.78 is 42.1. The standard InChI is InChI=1S/C23H20ClF3N4O/c24-18-16(10-5-11-17(18)23(25,26)27)22(32)30-12-13-31-20(15-8-4-9-15)28-29-21(31)19(30)14-6-2-1-3-7-14/h1-3,5-7,10-11,15,19H,4,8-9,12-13H2/t19-/m1/s1. The Labute approximate surface area is 187 Å². The van der Waals surface area contributed by atoms with E-state index < -0.39 is 28.7 Å². The maximum Gasteiger partial charge on any atom is 0.417 e. The number of rotatable bonds is 3. The molecule has 2 heterocycles. The highest BCUT2D eigenvalue weighted by Gasteiger charge is 2.40. The van der Waals surface area contributed by atoms with Crippen LogP contribution in [0, 0.1) is 0 Å². The van der Waals surface area contributed by atoms with E-state index in [9.17, 15) is 18.0 Å². The van der Waals surface area contributed by atoms with Crippen molar-refractivity contribution in [1.82, 2.24) is 19.7 Å². The summed E-state index contributed by atoms with van der Waals surface area (Å²) >= 11 is 6.07. The maximum atomic E-state index is 13.5. The molecule has 5 rings (SSSR count). The first-order valence-electron chi connectivity index (χ1n) is 10.5. The van der Waals surface area contributed by atoms with Crippen molar-refractivity contribution >= 4 is 17.5 Å². The first-order valence-corrected chi connectivity index (χ1v) is 10.9. The lowest BCUT2D eigenvalue weighted by Gasteiger charge is -2.37. The summed E-state index contributed by atoms with van der Waals surface area (Å²) in [5.41, 5.74) is -0.374. The first-order chi connectivity index (χ1) is 15.4. The topological polar surface area (TPSA) is 51.0 Å². The molecule has 1 amide bonds. The van der Waals surface area contributed by atoms with E-state index in [1.807, 2.05) is 30.3 Å². The molecule has 1 atom stereocenters. The molecular formula is C23H20ClF3N4O. The Bertz CT molecular complexity index is 1160. The quantitative estimate of drug-likeness (QED) is 0.521. The fourth-order valence-electron chi connectivity index (χ4n) is 4.46. The van der Waals surface area contributed by atoms with Gasteiger partial charge in [0.05, 0.1) is 16.1 Å². The van der Waals surface area contributed by atoms with Crippen molar-refractivity contribution < 1.29 is 18.0 Å². The number of benzene rings is 2. The van der Waals surface area contributed by atoms with Crippen LogP contribution in [-0.2, 0) is 12.7 Å². The number of carbonyl (C=O) groups is 1. The van der Waals surface area contributed by atoms with Crippen LogP contribution in [0.3, 0.4) is 0 Å². The predicted octanol–water partition coefficient (Wildman–Crippen LogP) is 5.46. The number of fused-ring (bicyclic) bond motifs is 1. The van der Waals surface area contributed by atoms with E-state index in [4.69, 9.17) is 11.6 Å². The van der Waals surface area contributed by atoms with Crippen molar-refractivity contribution in [2.24, 2.45) is 0 Å². The fourth-order valence-corrected chi connectivity index (χ4v) is 4.77. The molecule has 0 radical (unpaired) electrons. The normalized spacial score (nSPS) is 18.9. The molecule has 3 aromatic rings. The average molecular weight is 461 g/mol. The molecule has 2 aromatic carbocycles. The number of alkyl halides is 3. The number of amides is 1. The minimum atomic E-state index is -4.65. The van der Waals surface area contributed by atoms with E-state index in [0.717, 1.165) is 36.7 Å². The second kappa shape index (κ2) is 7.92. The zero-order valence-electron chi connectivity index (χ0n) is 17.0. The molecule has 1 aliphatic carbocycles. The van der Waals surface area contributed by atoms with Gasteiger partial charge in [-0.05, 0) is 30.5 Å². The van der Waals surface area contributed by atoms with Gasteiger partial charge in [-0.1, -0.05) is 54.4 Å². The first kappa shape index (κ1) is 21.0. The van der Waals surface area contributed by atoms with Crippen molar-refractivity contribution in [1.29, 1.82) is 0 Å². The van der Waals surface area contributed by atoms with Gasteiger partial charge in [0.15, 0.2) is 5.82 Å². The molecule has 0 saturated heterocycles. The number of halogens is 4. The highest BCUT2D eigenvalue weighted by atomic mass is 35.5. The van der Waals surface area contributed by atoms with Crippen LogP contribution in [-0.4, -0.2) is 32.1 Å². The molecule has 1 fully saturated rings. The second-order valence-electron chi connectivity index (χ2n) is 8.17. The molecule has 1 aliphatic heterocycles. The molecule has 9 heteroatoms. The van der Waals surface area contributed by atoms with Gasteiger partial charge in [0.1, 0.15) is 11.9 Å². The van der Waals surface area contributed by atoms with Gasteiger partial charge in [0, 0.05) is 19.0 Å². The van der Waals surface area contributed by atoms with Gasteiger partial charge in [-0.15, -0.1) is 10.2 Å². The summed E-state index contributed by atoms with van der Waals surface area (Å²) in [6.07, 6.45) is -1.35. The molecule has 5 nitrogen and oxygen atoms in total. The van der Waals surface area contributed by atoms with E-state index in [1.165, 1.54) is 12.1 Å². The van der Waals surface area contributed by atoms with Gasteiger partial charge in [0.2, 0.25) is 0 Å². The van der Waals surface area contributed by atoms with Crippen LogP contribution in [0.4, 0.5) is 13.2 Å². The van der Waals surface area contributed by atoms with Gasteiger partial charge in [0.25, 0.3) is 5.91 Å². The van der Waals surface area contributed by atoms with Crippen molar-refractivity contribution in [2.45, 2.75) is 43.9 Å². The van der Waals surface area contributed by atoms with Crippen LogP contribution in [0.2, 0.25) is 5.02 Å². The van der Waals surface area contributed by atoms with Crippen molar-refractivity contribution in [2.75, 3.05) is 6.54 Å². The summed E-state index contributed by atoms with van der Waals surface area (Å²) in [6, 6.07) is 12.2. The molecule has 0 unspecified atom stereocenters. The highest BCUT2D eigenvalue weighted by Crippen LogP contribution is 2.41.